The molecule has 0 aromatic heterocycles. The van der Waals surface area contributed by atoms with E-state index in [0.717, 1.165) is 44.0 Å². The molecule has 1 amide bonds. The zero-order valence-corrected chi connectivity index (χ0v) is 16.5. The van der Waals surface area contributed by atoms with Crippen LogP contribution in [0.4, 0.5) is 11.4 Å². The molecule has 8 nitrogen and oxygen atoms in total. The Morgan fingerprint density at radius 1 is 1.07 bits per heavy atom. The Morgan fingerprint density at radius 2 is 1.72 bits per heavy atom. The summed E-state index contributed by atoms with van der Waals surface area (Å²) in [6, 6.07) is 14.2. The monoisotopic (exact) mass is 398 g/mol. The number of ether oxygens (including phenoxy) is 1. The normalized spacial score (nSPS) is 14.4. The summed E-state index contributed by atoms with van der Waals surface area (Å²) in [4.78, 5) is 27.0. The van der Waals surface area contributed by atoms with Crippen molar-refractivity contribution < 1.29 is 14.5 Å². The van der Waals surface area contributed by atoms with E-state index in [1.165, 1.54) is 17.8 Å². The van der Waals surface area contributed by atoms with E-state index in [1.807, 2.05) is 12.1 Å². The van der Waals surface area contributed by atoms with Crippen LogP contribution in [-0.4, -0.2) is 62.1 Å². The van der Waals surface area contributed by atoms with Crippen molar-refractivity contribution in [2.75, 3.05) is 51.3 Å². The third-order valence-corrected chi connectivity index (χ3v) is 5.07. The molecule has 29 heavy (non-hydrogen) atoms. The highest BCUT2D eigenvalue weighted by Gasteiger charge is 2.17. The Bertz CT molecular complexity index is 816. The first-order valence-electron chi connectivity index (χ1n) is 9.66. The van der Waals surface area contributed by atoms with Gasteiger partial charge in [-0.25, -0.2) is 0 Å². The number of benzene rings is 2. The largest absolute Gasteiger partial charge is 0.497 e. The number of non-ortho nitro benzene ring substituents is 1. The van der Waals surface area contributed by atoms with Gasteiger partial charge in [-0.3, -0.25) is 19.8 Å². The van der Waals surface area contributed by atoms with Gasteiger partial charge in [-0.2, -0.15) is 0 Å². The summed E-state index contributed by atoms with van der Waals surface area (Å²) in [7, 11) is 1.67. The Labute approximate surface area is 170 Å². The SMILES string of the molecule is COc1ccc(N2CCN(CCNC(=O)Cc3ccc([N+](=O)[O-])cc3)CC2)cc1. The van der Waals surface area contributed by atoms with E-state index in [2.05, 4.69) is 27.2 Å². The molecule has 3 rings (SSSR count). The number of nitro groups is 1. The summed E-state index contributed by atoms with van der Waals surface area (Å²) in [6.45, 7) is 5.19. The molecule has 2 aromatic carbocycles. The van der Waals surface area contributed by atoms with Crippen LogP contribution in [0.25, 0.3) is 0 Å². The maximum Gasteiger partial charge on any atom is 0.269 e. The zero-order chi connectivity index (χ0) is 20.6. The van der Waals surface area contributed by atoms with Gasteiger partial charge in [0.2, 0.25) is 5.91 Å². The summed E-state index contributed by atoms with van der Waals surface area (Å²) in [5, 5.41) is 13.6. The smallest absolute Gasteiger partial charge is 0.269 e. The molecule has 1 aliphatic rings. The summed E-state index contributed by atoms with van der Waals surface area (Å²) in [5.41, 5.74) is 1.99. The van der Waals surface area contributed by atoms with E-state index in [4.69, 9.17) is 4.74 Å². The molecule has 1 heterocycles. The first-order valence-corrected chi connectivity index (χ1v) is 9.66. The van der Waals surface area contributed by atoms with E-state index >= 15 is 0 Å². The van der Waals surface area contributed by atoms with Gasteiger partial charge in [0.1, 0.15) is 5.75 Å². The van der Waals surface area contributed by atoms with Crippen LogP contribution in [0.3, 0.4) is 0 Å². The van der Waals surface area contributed by atoms with Crippen LogP contribution in [0, 0.1) is 10.1 Å². The fraction of sp³-hybridized carbons (Fsp3) is 0.381. The average Bonchev–Trinajstić information content (AvgIpc) is 2.75. The van der Waals surface area contributed by atoms with Crippen molar-refractivity contribution in [3.8, 4) is 5.75 Å². The van der Waals surface area contributed by atoms with Crippen molar-refractivity contribution in [2.45, 2.75) is 6.42 Å². The van der Waals surface area contributed by atoms with Gasteiger partial charge in [-0.1, -0.05) is 12.1 Å². The molecule has 0 saturated carbocycles. The van der Waals surface area contributed by atoms with Crippen molar-refractivity contribution in [3.63, 3.8) is 0 Å². The molecule has 1 N–H and O–H groups in total. The third-order valence-electron chi connectivity index (χ3n) is 5.07. The lowest BCUT2D eigenvalue weighted by Crippen LogP contribution is -2.48. The zero-order valence-electron chi connectivity index (χ0n) is 16.5. The fourth-order valence-corrected chi connectivity index (χ4v) is 3.36. The number of nitrogens with one attached hydrogen (secondary N) is 1. The van der Waals surface area contributed by atoms with Gasteiger partial charge in [0.05, 0.1) is 18.5 Å². The Kier molecular flexibility index (Phi) is 7.02. The van der Waals surface area contributed by atoms with Crippen LogP contribution in [0.15, 0.2) is 48.5 Å². The molecule has 2 aromatic rings. The predicted molar refractivity (Wildman–Crippen MR) is 111 cm³/mol. The molecule has 0 aliphatic carbocycles. The first kappa shape index (κ1) is 20.6. The summed E-state index contributed by atoms with van der Waals surface area (Å²) >= 11 is 0. The lowest BCUT2D eigenvalue weighted by atomic mass is 10.1. The lowest BCUT2D eigenvalue weighted by Gasteiger charge is -2.36. The molecular formula is C21H26N4O4. The van der Waals surface area contributed by atoms with Crippen molar-refractivity contribution >= 4 is 17.3 Å². The number of amides is 1. The Morgan fingerprint density at radius 3 is 2.31 bits per heavy atom. The van der Waals surface area contributed by atoms with Gasteiger partial charge in [-0.15, -0.1) is 0 Å². The van der Waals surface area contributed by atoms with Gasteiger partial charge < -0.3 is 15.0 Å². The second-order valence-corrected chi connectivity index (χ2v) is 6.98. The average molecular weight is 398 g/mol. The topological polar surface area (TPSA) is 88.0 Å². The molecular weight excluding hydrogens is 372 g/mol. The molecule has 0 radical (unpaired) electrons. The molecule has 0 bridgehead atoms. The van der Waals surface area contributed by atoms with Gasteiger partial charge in [0.25, 0.3) is 5.69 Å². The molecule has 0 unspecified atom stereocenters. The Hall–Kier alpha value is -3.13. The highest BCUT2D eigenvalue weighted by molar-refractivity contribution is 5.78. The Balaban J connectivity index is 1.35. The number of methoxy groups -OCH3 is 1. The summed E-state index contributed by atoms with van der Waals surface area (Å²) < 4.78 is 5.20. The minimum absolute atomic E-state index is 0.0305. The minimum Gasteiger partial charge on any atom is -0.497 e. The number of anilines is 1. The second-order valence-electron chi connectivity index (χ2n) is 6.98. The van der Waals surface area contributed by atoms with Crippen LogP contribution in [0.5, 0.6) is 5.75 Å². The number of hydrogen-bond acceptors (Lipinski definition) is 6. The second kappa shape index (κ2) is 9.88. The van der Waals surface area contributed by atoms with Crippen molar-refractivity contribution in [2.24, 2.45) is 0 Å². The fourth-order valence-electron chi connectivity index (χ4n) is 3.36. The van der Waals surface area contributed by atoms with Crippen molar-refractivity contribution in [1.82, 2.24) is 10.2 Å². The number of nitro benzene ring substituents is 1. The first-order chi connectivity index (χ1) is 14.0. The van der Waals surface area contributed by atoms with Crippen LogP contribution in [0.1, 0.15) is 5.56 Å². The number of rotatable bonds is 8. The molecule has 1 aliphatic heterocycles. The number of carbonyl (C=O) groups is 1. The van der Waals surface area contributed by atoms with Gasteiger partial charge in [0.15, 0.2) is 0 Å². The van der Waals surface area contributed by atoms with Crippen molar-refractivity contribution in [3.05, 3.63) is 64.2 Å². The molecule has 154 valence electrons. The van der Waals surface area contributed by atoms with E-state index in [0.29, 0.717) is 6.54 Å². The summed E-state index contributed by atoms with van der Waals surface area (Å²) in [6.07, 6.45) is 0.225. The van der Waals surface area contributed by atoms with Crippen LogP contribution < -0.4 is 15.0 Å². The van der Waals surface area contributed by atoms with E-state index < -0.39 is 4.92 Å². The van der Waals surface area contributed by atoms with E-state index in [9.17, 15) is 14.9 Å². The quantitative estimate of drug-likeness (QED) is 0.541. The highest BCUT2D eigenvalue weighted by atomic mass is 16.6. The number of hydrogen-bond donors (Lipinski definition) is 1. The highest BCUT2D eigenvalue weighted by Crippen LogP contribution is 2.20. The number of carbonyl (C=O) groups excluding carboxylic acids is 1. The van der Waals surface area contributed by atoms with Crippen LogP contribution >= 0.6 is 0 Å². The predicted octanol–water partition coefficient (Wildman–Crippen LogP) is 2.08. The number of piperazine rings is 1. The molecule has 0 atom stereocenters. The van der Waals surface area contributed by atoms with E-state index in [1.54, 1.807) is 19.2 Å². The maximum absolute atomic E-state index is 12.1. The van der Waals surface area contributed by atoms with Crippen molar-refractivity contribution in [1.29, 1.82) is 0 Å². The van der Waals surface area contributed by atoms with Gasteiger partial charge in [-0.05, 0) is 29.8 Å². The molecule has 8 heteroatoms. The molecule has 1 fully saturated rings. The standard InChI is InChI=1S/C21H26N4O4/c1-29-20-8-6-18(7-9-20)24-14-12-23(13-15-24)11-10-22-21(26)16-17-2-4-19(5-3-17)25(27)28/h2-9H,10-16H2,1H3,(H,22,26). The third kappa shape index (κ3) is 5.92. The number of nitrogens with zero attached hydrogens (tertiary/aromatic N) is 3. The maximum atomic E-state index is 12.1. The van der Waals surface area contributed by atoms with Crippen LogP contribution in [-0.2, 0) is 11.2 Å². The van der Waals surface area contributed by atoms with Crippen LogP contribution in [0.2, 0.25) is 0 Å². The van der Waals surface area contributed by atoms with E-state index in [-0.39, 0.29) is 18.0 Å². The van der Waals surface area contributed by atoms with Gasteiger partial charge >= 0.3 is 0 Å². The van der Waals surface area contributed by atoms with Gasteiger partial charge in [0, 0.05) is 57.1 Å². The summed E-state index contributed by atoms with van der Waals surface area (Å²) in [5.74, 6) is 0.785. The molecule has 0 spiro atoms. The molecule has 1 saturated heterocycles. The lowest BCUT2D eigenvalue weighted by molar-refractivity contribution is -0.384. The minimum atomic E-state index is -0.446.